The summed E-state index contributed by atoms with van der Waals surface area (Å²) in [6.45, 7) is 0. The molecule has 0 aliphatic carbocycles. The fraction of sp³-hybridized carbons (Fsp3) is 0.250. The Labute approximate surface area is 123 Å². The van der Waals surface area contributed by atoms with Crippen LogP contribution in [0.4, 0.5) is 0 Å². The van der Waals surface area contributed by atoms with Crippen molar-refractivity contribution < 1.29 is 14.6 Å². The van der Waals surface area contributed by atoms with Crippen molar-refractivity contribution in [1.29, 1.82) is 0 Å². The first-order valence-electron chi connectivity index (χ1n) is 6.28. The molecule has 2 rings (SSSR count). The number of halogens is 1. The Hall–Kier alpha value is -1.71. The average molecular weight is 293 g/mol. The maximum atomic E-state index is 10.3. The van der Waals surface area contributed by atoms with Gasteiger partial charge in [-0.1, -0.05) is 23.7 Å². The number of benzene rings is 2. The van der Waals surface area contributed by atoms with E-state index in [0.717, 1.165) is 22.6 Å². The summed E-state index contributed by atoms with van der Waals surface area (Å²) in [5, 5.41) is 10.9. The second-order valence-corrected chi connectivity index (χ2v) is 4.89. The van der Waals surface area contributed by atoms with Gasteiger partial charge in [-0.25, -0.2) is 0 Å². The molecule has 0 heterocycles. The number of methoxy groups -OCH3 is 2. The summed E-state index contributed by atoms with van der Waals surface area (Å²) in [5.74, 6) is 1.49. The molecule has 0 saturated heterocycles. The smallest absolute Gasteiger partial charge is 0.122 e. The van der Waals surface area contributed by atoms with Gasteiger partial charge in [-0.05, 0) is 41.5 Å². The molecule has 0 spiro atoms. The van der Waals surface area contributed by atoms with Crippen LogP contribution in [-0.4, -0.2) is 19.3 Å². The van der Waals surface area contributed by atoms with Crippen LogP contribution >= 0.6 is 11.6 Å². The van der Waals surface area contributed by atoms with Crippen molar-refractivity contribution in [2.45, 2.75) is 12.5 Å². The zero-order valence-electron chi connectivity index (χ0n) is 11.5. The van der Waals surface area contributed by atoms with Gasteiger partial charge in [0.1, 0.15) is 11.5 Å². The van der Waals surface area contributed by atoms with Gasteiger partial charge in [0.15, 0.2) is 0 Å². The van der Waals surface area contributed by atoms with E-state index in [4.69, 9.17) is 21.1 Å². The number of hydrogen-bond acceptors (Lipinski definition) is 3. The van der Waals surface area contributed by atoms with Crippen LogP contribution in [0.15, 0.2) is 42.5 Å². The maximum absolute atomic E-state index is 10.3. The second-order valence-electron chi connectivity index (χ2n) is 4.45. The summed E-state index contributed by atoms with van der Waals surface area (Å²) in [7, 11) is 3.22. The number of hydrogen-bond donors (Lipinski definition) is 1. The van der Waals surface area contributed by atoms with Crippen LogP contribution < -0.4 is 9.47 Å². The molecule has 0 radical (unpaired) electrons. The molecule has 0 fully saturated rings. The fourth-order valence-electron chi connectivity index (χ4n) is 2.06. The Morgan fingerprint density at radius 1 is 1.05 bits per heavy atom. The van der Waals surface area contributed by atoms with Gasteiger partial charge in [-0.3, -0.25) is 0 Å². The topological polar surface area (TPSA) is 38.7 Å². The van der Waals surface area contributed by atoms with Crippen molar-refractivity contribution in [3.8, 4) is 11.5 Å². The van der Waals surface area contributed by atoms with E-state index in [2.05, 4.69) is 0 Å². The Kier molecular flexibility index (Phi) is 4.88. The summed E-state index contributed by atoms with van der Waals surface area (Å²) in [6.07, 6.45) is -0.177. The zero-order valence-corrected chi connectivity index (χ0v) is 12.2. The molecule has 1 atom stereocenters. The molecule has 0 saturated carbocycles. The lowest BCUT2D eigenvalue weighted by Gasteiger charge is -2.14. The Morgan fingerprint density at radius 2 is 1.75 bits per heavy atom. The van der Waals surface area contributed by atoms with Crippen molar-refractivity contribution in [3.05, 3.63) is 58.6 Å². The van der Waals surface area contributed by atoms with Crippen molar-refractivity contribution in [1.82, 2.24) is 0 Å². The van der Waals surface area contributed by atoms with Gasteiger partial charge in [0, 0.05) is 11.4 Å². The summed E-state index contributed by atoms with van der Waals surface area (Å²) in [6, 6.07) is 12.7. The van der Waals surface area contributed by atoms with Crippen molar-refractivity contribution in [2.75, 3.05) is 14.2 Å². The van der Waals surface area contributed by atoms with E-state index < -0.39 is 6.10 Å². The van der Waals surface area contributed by atoms with Crippen LogP contribution in [0.1, 0.15) is 17.2 Å². The van der Waals surface area contributed by atoms with Gasteiger partial charge < -0.3 is 14.6 Å². The van der Waals surface area contributed by atoms with Crippen LogP contribution in [-0.2, 0) is 6.42 Å². The molecule has 20 heavy (non-hydrogen) atoms. The average Bonchev–Trinajstić information content (AvgIpc) is 2.47. The Morgan fingerprint density at radius 3 is 2.35 bits per heavy atom. The minimum Gasteiger partial charge on any atom is -0.497 e. The predicted octanol–water partition coefficient (Wildman–Crippen LogP) is 3.63. The first-order chi connectivity index (χ1) is 9.63. The molecule has 0 aromatic heterocycles. The number of rotatable bonds is 5. The highest BCUT2D eigenvalue weighted by atomic mass is 35.5. The normalized spacial score (nSPS) is 12.0. The molecule has 2 aromatic rings. The second kappa shape index (κ2) is 6.64. The number of aliphatic hydroxyl groups excluding tert-OH is 1. The first kappa shape index (κ1) is 14.7. The zero-order chi connectivity index (χ0) is 14.5. The van der Waals surface area contributed by atoms with E-state index in [-0.39, 0.29) is 0 Å². The van der Waals surface area contributed by atoms with E-state index in [0.29, 0.717) is 11.4 Å². The lowest BCUT2D eigenvalue weighted by atomic mass is 10.0. The van der Waals surface area contributed by atoms with E-state index in [1.807, 2.05) is 30.3 Å². The highest BCUT2D eigenvalue weighted by molar-refractivity contribution is 6.30. The number of ether oxygens (including phenoxy) is 2. The van der Waals surface area contributed by atoms with Crippen molar-refractivity contribution in [2.24, 2.45) is 0 Å². The monoisotopic (exact) mass is 292 g/mol. The fourth-order valence-corrected chi connectivity index (χ4v) is 2.25. The standard InChI is InChI=1S/C16H17ClO3/c1-19-14-6-3-11(4-7-14)15(18)10-12-9-13(17)5-8-16(12)20-2/h3-9,15,18H,10H2,1-2H3. The van der Waals surface area contributed by atoms with Gasteiger partial charge >= 0.3 is 0 Å². The molecule has 0 bridgehead atoms. The molecule has 0 amide bonds. The SMILES string of the molecule is COc1ccc(C(O)Cc2cc(Cl)ccc2OC)cc1. The third-order valence-corrected chi connectivity index (χ3v) is 3.39. The quantitative estimate of drug-likeness (QED) is 0.914. The summed E-state index contributed by atoms with van der Waals surface area (Å²) < 4.78 is 10.4. The molecule has 2 aromatic carbocycles. The third kappa shape index (κ3) is 3.44. The van der Waals surface area contributed by atoms with E-state index in [1.165, 1.54) is 0 Å². The molecule has 1 N–H and O–H groups in total. The molecule has 3 nitrogen and oxygen atoms in total. The largest absolute Gasteiger partial charge is 0.497 e. The molecular formula is C16H17ClO3. The lowest BCUT2D eigenvalue weighted by molar-refractivity contribution is 0.177. The summed E-state index contributed by atoms with van der Waals surface area (Å²) in [5.41, 5.74) is 1.70. The Bertz CT molecular complexity index is 566. The first-order valence-corrected chi connectivity index (χ1v) is 6.66. The number of aliphatic hydroxyl groups is 1. The summed E-state index contributed by atoms with van der Waals surface area (Å²) >= 11 is 5.99. The molecular weight excluding hydrogens is 276 g/mol. The van der Waals surface area contributed by atoms with Crippen LogP contribution in [0.3, 0.4) is 0 Å². The molecule has 0 aliphatic heterocycles. The van der Waals surface area contributed by atoms with Crippen LogP contribution in [0.5, 0.6) is 11.5 Å². The maximum Gasteiger partial charge on any atom is 0.122 e. The van der Waals surface area contributed by atoms with E-state index >= 15 is 0 Å². The highest BCUT2D eigenvalue weighted by Gasteiger charge is 2.12. The molecule has 1 unspecified atom stereocenters. The lowest BCUT2D eigenvalue weighted by Crippen LogP contribution is -2.03. The van der Waals surface area contributed by atoms with Gasteiger partial charge in [-0.2, -0.15) is 0 Å². The third-order valence-electron chi connectivity index (χ3n) is 3.16. The van der Waals surface area contributed by atoms with E-state index in [9.17, 15) is 5.11 Å². The predicted molar refractivity (Wildman–Crippen MR) is 79.7 cm³/mol. The molecule has 106 valence electrons. The van der Waals surface area contributed by atoms with Crippen molar-refractivity contribution >= 4 is 11.6 Å². The Balaban J connectivity index is 2.17. The van der Waals surface area contributed by atoms with Crippen molar-refractivity contribution in [3.63, 3.8) is 0 Å². The van der Waals surface area contributed by atoms with E-state index in [1.54, 1.807) is 26.4 Å². The van der Waals surface area contributed by atoms with Crippen LogP contribution in [0.25, 0.3) is 0 Å². The van der Waals surface area contributed by atoms with Gasteiger partial charge in [-0.15, -0.1) is 0 Å². The molecule has 0 aliphatic rings. The van der Waals surface area contributed by atoms with Crippen LogP contribution in [0, 0.1) is 0 Å². The van der Waals surface area contributed by atoms with Gasteiger partial charge in [0.25, 0.3) is 0 Å². The minimum absolute atomic E-state index is 0.441. The minimum atomic E-state index is -0.617. The molecule has 4 heteroatoms. The summed E-state index contributed by atoms with van der Waals surface area (Å²) in [4.78, 5) is 0. The van der Waals surface area contributed by atoms with Gasteiger partial charge in [0.05, 0.1) is 20.3 Å². The highest BCUT2D eigenvalue weighted by Crippen LogP contribution is 2.28. The van der Waals surface area contributed by atoms with Gasteiger partial charge in [0.2, 0.25) is 0 Å². The van der Waals surface area contributed by atoms with Crippen LogP contribution in [0.2, 0.25) is 5.02 Å².